The van der Waals surface area contributed by atoms with Crippen molar-refractivity contribution in [2.75, 3.05) is 13.1 Å². The third kappa shape index (κ3) is 2.65. The Morgan fingerprint density at radius 1 is 1.33 bits per heavy atom. The molecule has 1 aromatic heterocycles. The molecule has 2 nitrogen and oxygen atoms in total. The van der Waals surface area contributed by atoms with Crippen LogP contribution in [-0.2, 0) is 6.42 Å². The van der Waals surface area contributed by atoms with Crippen LogP contribution in [0.4, 0.5) is 0 Å². The molecule has 18 heavy (non-hydrogen) atoms. The zero-order valence-electron chi connectivity index (χ0n) is 10.3. The third-order valence-electron chi connectivity index (χ3n) is 3.63. The molecule has 1 saturated heterocycles. The molecule has 0 amide bonds. The van der Waals surface area contributed by atoms with Crippen molar-refractivity contribution >= 4 is 22.5 Å². The van der Waals surface area contributed by atoms with Crippen LogP contribution in [0.5, 0.6) is 0 Å². The first-order chi connectivity index (χ1) is 8.81. The molecule has 3 heteroatoms. The second-order valence-electron chi connectivity index (χ2n) is 5.10. The fourth-order valence-corrected chi connectivity index (χ4v) is 2.85. The van der Waals surface area contributed by atoms with Crippen LogP contribution in [0.1, 0.15) is 18.4 Å². The number of piperidine rings is 1. The van der Waals surface area contributed by atoms with E-state index < -0.39 is 0 Å². The van der Waals surface area contributed by atoms with Crippen molar-refractivity contribution in [3.05, 3.63) is 41.0 Å². The molecular weight excluding hydrogens is 244 g/mol. The van der Waals surface area contributed by atoms with Gasteiger partial charge >= 0.3 is 0 Å². The third-order valence-corrected chi connectivity index (χ3v) is 3.86. The van der Waals surface area contributed by atoms with Crippen LogP contribution in [0.2, 0.25) is 5.02 Å². The first-order valence-electron chi connectivity index (χ1n) is 6.56. The summed E-state index contributed by atoms with van der Waals surface area (Å²) >= 11 is 5.97. The SMILES string of the molecule is Clc1ccc2cc(CC3CCCNC3)cnc2c1. The molecule has 0 aliphatic carbocycles. The second kappa shape index (κ2) is 5.25. The molecule has 0 spiro atoms. The van der Waals surface area contributed by atoms with E-state index in [9.17, 15) is 0 Å². The summed E-state index contributed by atoms with van der Waals surface area (Å²) in [6.07, 6.45) is 5.73. The van der Waals surface area contributed by atoms with Crippen molar-refractivity contribution in [2.45, 2.75) is 19.3 Å². The summed E-state index contributed by atoms with van der Waals surface area (Å²) in [7, 11) is 0. The van der Waals surface area contributed by atoms with E-state index >= 15 is 0 Å². The van der Waals surface area contributed by atoms with Crippen LogP contribution < -0.4 is 5.32 Å². The summed E-state index contributed by atoms with van der Waals surface area (Å²) in [6.45, 7) is 2.31. The summed E-state index contributed by atoms with van der Waals surface area (Å²) in [5.74, 6) is 0.755. The molecule has 2 heterocycles. The summed E-state index contributed by atoms with van der Waals surface area (Å²) < 4.78 is 0. The Morgan fingerprint density at radius 3 is 3.11 bits per heavy atom. The Labute approximate surface area is 112 Å². The van der Waals surface area contributed by atoms with Gasteiger partial charge in [0.2, 0.25) is 0 Å². The van der Waals surface area contributed by atoms with Crippen LogP contribution in [0.3, 0.4) is 0 Å². The molecule has 0 radical (unpaired) electrons. The lowest BCUT2D eigenvalue weighted by Crippen LogP contribution is -2.30. The van der Waals surface area contributed by atoms with E-state index in [-0.39, 0.29) is 0 Å². The lowest BCUT2D eigenvalue weighted by Gasteiger charge is -2.22. The fourth-order valence-electron chi connectivity index (χ4n) is 2.68. The van der Waals surface area contributed by atoms with Crippen molar-refractivity contribution in [2.24, 2.45) is 5.92 Å². The predicted molar refractivity (Wildman–Crippen MR) is 76.1 cm³/mol. The maximum absolute atomic E-state index is 5.97. The van der Waals surface area contributed by atoms with E-state index in [1.807, 2.05) is 24.4 Å². The summed E-state index contributed by atoms with van der Waals surface area (Å²) in [6, 6.07) is 8.14. The van der Waals surface area contributed by atoms with Gasteiger partial charge < -0.3 is 5.32 Å². The van der Waals surface area contributed by atoms with Gasteiger partial charge in [0.15, 0.2) is 0 Å². The normalized spacial score (nSPS) is 20.2. The van der Waals surface area contributed by atoms with Gasteiger partial charge in [-0.2, -0.15) is 0 Å². The van der Waals surface area contributed by atoms with Crippen LogP contribution in [0.15, 0.2) is 30.5 Å². The van der Waals surface area contributed by atoms with Gasteiger partial charge in [-0.05, 0) is 62.0 Å². The lowest BCUT2D eigenvalue weighted by molar-refractivity contribution is 0.376. The number of halogens is 1. The maximum atomic E-state index is 5.97. The molecule has 1 aliphatic rings. The predicted octanol–water partition coefficient (Wildman–Crippen LogP) is 3.43. The molecule has 1 aliphatic heterocycles. The minimum atomic E-state index is 0.749. The number of hydrogen-bond donors (Lipinski definition) is 1. The monoisotopic (exact) mass is 260 g/mol. The number of hydrogen-bond acceptors (Lipinski definition) is 2. The molecule has 1 atom stereocenters. The Kier molecular flexibility index (Phi) is 3.48. The topological polar surface area (TPSA) is 24.9 Å². The molecule has 1 unspecified atom stereocenters. The van der Waals surface area contributed by atoms with E-state index in [2.05, 4.69) is 16.4 Å². The molecule has 0 saturated carbocycles. The number of pyridine rings is 1. The van der Waals surface area contributed by atoms with Crippen LogP contribution >= 0.6 is 11.6 Å². The molecule has 1 fully saturated rings. The molecule has 1 aromatic carbocycles. The summed E-state index contributed by atoms with van der Waals surface area (Å²) in [5.41, 5.74) is 2.31. The quantitative estimate of drug-likeness (QED) is 0.895. The summed E-state index contributed by atoms with van der Waals surface area (Å²) in [5, 5.41) is 5.39. The highest BCUT2D eigenvalue weighted by Gasteiger charge is 2.13. The van der Waals surface area contributed by atoms with Gasteiger partial charge in [-0.15, -0.1) is 0 Å². The number of rotatable bonds is 2. The van der Waals surface area contributed by atoms with Crippen molar-refractivity contribution < 1.29 is 0 Å². The Morgan fingerprint density at radius 2 is 2.28 bits per heavy atom. The number of fused-ring (bicyclic) bond motifs is 1. The van der Waals surface area contributed by atoms with Gasteiger partial charge in [0.05, 0.1) is 5.52 Å². The van der Waals surface area contributed by atoms with Crippen molar-refractivity contribution in [1.82, 2.24) is 10.3 Å². The van der Waals surface area contributed by atoms with E-state index in [1.165, 1.54) is 30.3 Å². The fraction of sp³-hybridized carbons (Fsp3) is 0.400. The second-order valence-corrected chi connectivity index (χ2v) is 5.53. The molecule has 2 aromatic rings. The zero-order valence-corrected chi connectivity index (χ0v) is 11.1. The minimum Gasteiger partial charge on any atom is -0.316 e. The average Bonchev–Trinajstić information content (AvgIpc) is 2.40. The van der Waals surface area contributed by atoms with Gasteiger partial charge in [-0.25, -0.2) is 0 Å². The minimum absolute atomic E-state index is 0.749. The van der Waals surface area contributed by atoms with Gasteiger partial charge in [0.25, 0.3) is 0 Å². The Bertz CT molecular complexity index is 547. The van der Waals surface area contributed by atoms with Gasteiger partial charge in [0, 0.05) is 16.6 Å². The highest BCUT2D eigenvalue weighted by atomic mass is 35.5. The Hall–Kier alpha value is -1.12. The first-order valence-corrected chi connectivity index (χ1v) is 6.94. The molecule has 3 rings (SSSR count). The molecule has 0 bridgehead atoms. The lowest BCUT2D eigenvalue weighted by atomic mass is 9.92. The number of nitrogens with zero attached hydrogens (tertiary/aromatic N) is 1. The van der Waals surface area contributed by atoms with Gasteiger partial charge in [-0.3, -0.25) is 4.98 Å². The largest absolute Gasteiger partial charge is 0.316 e. The number of aromatic nitrogens is 1. The molecule has 94 valence electrons. The van der Waals surface area contributed by atoms with Crippen molar-refractivity contribution in [1.29, 1.82) is 0 Å². The van der Waals surface area contributed by atoms with Crippen LogP contribution in [0, 0.1) is 5.92 Å². The molecular formula is C15H17ClN2. The van der Waals surface area contributed by atoms with E-state index in [1.54, 1.807) is 0 Å². The van der Waals surface area contributed by atoms with E-state index in [0.717, 1.165) is 29.4 Å². The average molecular weight is 261 g/mol. The summed E-state index contributed by atoms with van der Waals surface area (Å²) in [4.78, 5) is 4.50. The van der Waals surface area contributed by atoms with Crippen molar-refractivity contribution in [3.8, 4) is 0 Å². The zero-order chi connectivity index (χ0) is 12.4. The van der Waals surface area contributed by atoms with Crippen LogP contribution in [-0.4, -0.2) is 18.1 Å². The van der Waals surface area contributed by atoms with E-state index in [0.29, 0.717) is 0 Å². The Balaban J connectivity index is 1.82. The highest BCUT2D eigenvalue weighted by molar-refractivity contribution is 6.31. The van der Waals surface area contributed by atoms with Crippen LogP contribution in [0.25, 0.3) is 10.9 Å². The van der Waals surface area contributed by atoms with Gasteiger partial charge in [0.1, 0.15) is 0 Å². The number of benzene rings is 1. The van der Waals surface area contributed by atoms with Crippen molar-refractivity contribution in [3.63, 3.8) is 0 Å². The first kappa shape index (κ1) is 11.9. The van der Waals surface area contributed by atoms with Gasteiger partial charge in [-0.1, -0.05) is 17.7 Å². The number of nitrogens with one attached hydrogen (secondary N) is 1. The smallest absolute Gasteiger partial charge is 0.0716 e. The van der Waals surface area contributed by atoms with E-state index in [4.69, 9.17) is 11.6 Å². The molecule has 1 N–H and O–H groups in total. The highest BCUT2D eigenvalue weighted by Crippen LogP contribution is 2.21. The standard InChI is InChI=1S/C15H17ClN2/c16-14-4-3-13-7-12(10-18-15(13)8-14)6-11-2-1-5-17-9-11/h3-4,7-8,10-11,17H,1-2,5-6,9H2. The maximum Gasteiger partial charge on any atom is 0.0716 e.